The summed E-state index contributed by atoms with van der Waals surface area (Å²) < 4.78 is 0.988. The zero-order chi connectivity index (χ0) is 14.7. The van der Waals surface area contributed by atoms with Gasteiger partial charge in [-0.05, 0) is 52.3 Å². The van der Waals surface area contributed by atoms with Crippen LogP contribution in [0.2, 0.25) is 0 Å². The van der Waals surface area contributed by atoms with E-state index in [1.807, 2.05) is 30.6 Å². The standard InChI is InChI=1S/C17H16BrN3/c1-2-19-17(15-8-7-14(18)11-21-15)13-6-5-12-4-3-9-20-16(12)10-13/h3-11,17,19H,2H2,1H3. The fourth-order valence-electron chi connectivity index (χ4n) is 2.42. The minimum absolute atomic E-state index is 0.0782. The van der Waals surface area contributed by atoms with Gasteiger partial charge in [-0.2, -0.15) is 0 Å². The second-order valence-corrected chi connectivity index (χ2v) is 5.76. The first kappa shape index (κ1) is 14.2. The summed E-state index contributed by atoms with van der Waals surface area (Å²) in [5, 5.41) is 4.65. The Kier molecular flexibility index (Phi) is 4.27. The summed E-state index contributed by atoms with van der Waals surface area (Å²) in [6.45, 7) is 2.98. The highest BCUT2D eigenvalue weighted by molar-refractivity contribution is 9.10. The molecule has 0 fully saturated rings. The van der Waals surface area contributed by atoms with Crippen molar-refractivity contribution in [3.8, 4) is 0 Å². The highest BCUT2D eigenvalue weighted by Crippen LogP contribution is 2.24. The lowest BCUT2D eigenvalue weighted by atomic mass is 10.0. The van der Waals surface area contributed by atoms with Crippen molar-refractivity contribution in [1.82, 2.24) is 15.3 Å². The zero-order valence-corrected chi connectivity index (χ0v) is 13.3. The molecule has 3 rings (SSSR count). The maximum atomic E-state index is 4.52. The molecule has 0 saturated heterocycles. The van der Waals surface area contributed by atoms with Crippen LogP contribution < -0.4 is 5.32 Å². The summed E-state index contributed by atoms with van der Waals surface area (Å²) in [4.78, 5) is 8.96. The molecule has 2 aromatic heterocycles. The van der Waals surface area contributed by atoms with Crippen LogP contribution in [-0.2, 0) is 0 Å². The Bertz CT molecular complexity index is 740. The van der Waals surface area contributed by atoms with E-state index in [2.05, 4.69) is 62.4 Å². The molecule has 2 heterocycles. The van der Waals surface area contributed by atoms with Crippen molar-refractivity contribution in [2.45, 2.75) is 13.0 Å². The Morgan fingerprint density at radius 2 is 2.05 bits per heavy atom. The van der Waals surface area contributed by atoms with E-state index in [9.17, 15) is 0 Å². The molecule has 106 valence electrons. The SMILES string of the molecule is CCNC(c1ccc2cccnc2c1)c1ccc(Br)cn1. The molecule has 0 aliphatic carbocycles. The van der Waals surface area contributed by atoms with E-state index in [1.54, 1.807) is 0 Å². The number of nitrogens with zero attached hydrogens (tertiary/aromatic N) is 2. The van der Waals surface area contributed by atoms with Gasteiger partial charge in [0.25, 0.3) is 0 Å². The van der Waals surface area contributed by atoms with Crippen molar-refractivity contribution in [1.29, 1.82) is 0 Å². The monoisotopic (exact) mass is 341 g/mol. The molecular weight excluding hydrogens is 326 g/mol. The van der Waals surface area contributed by atoms with E-state index in [-0.39, 0.29) is 6.04 Å². The zero-order valence-electron chi connectivity index (χ0n) is 11.8. The quantitative estimate of drug-likeness (QED) is 0.776. The highest BCUT2D eigenvalue weighted by atomic mass is 79.9. The molecule has 1 N–H and O–H groups in total. The van der Waals surface area contributed by atoms with Crippen LogP contribution in [-0.4, -0.2) is 16.5 Å². The molecule has 0 amide bonds. The average molecular weight is 342 g/mol. The molecule has 1 unspecified atom stereocenters. The molecule has 0 aliphatic heterocycles. The largest absolute Gasteiger partial charge is 0.305 e. The first-order valence-corrected chi connectivity index (χ1v) is 7.77. The number of nitrogens with one attached hydrogen (secondary N) is 1. The third-order valence-corrected chi connectivity index (χ3v) is 3.89. The fourth-order valence-corrected chi connectivity index (χ4v) is 2.65. The van der Waals surface area contributed by atoms with Crippen LogP contribution in [0, 0.1) is 0 Å². The maximum Gasteiger partial charge on any atom is 0.0752 e. The summed E-state index contributed by atoms with van der Waals surface area (Å²) >= 11 is 3.43. The van der Waals surface area contributed by atoms with Crippen LogP contribution in [0.3, 0.4) is 0 Å². The number of aromatic nitrogens is 2. The lowest BCUT2D eigenvalue weighted by Crippen LogP contribution is -2.22. The number of halogens is 1. The van der Waals surface area contributed by atoms with Crippen molar-refractivity contribution in [3.63, 3.8) is 0 Å². The van der Waals surface area contributed by atoms with Crippen molar-refractivity contribution in [2.75, 3.05) is 6.54 Å². The van der Waals surface area contributed by atoms with Gasteiger partial charge in [-0.3, -0.25) is 9.97 Å². The van der Waals surface area contributed by atoms with Crippen LogP contribution in [0.4, 0.5) is 0 Å². The van der Waals surface area contributed by atoms with Crippen molar-refractivity contribution >= 4 is 26.8 Å². The van der Waals surface area contributed by atoms with E-state index in [4.69, 9.17) is 0 Å². The molecule has 21 heavy (non-hydrogen) atoms. The predicted octanol–water partition coefficient (Wildman–Crippen LogP) is 4.09. The average Bonchev–Trinajstić information content (AvgIpc) is 2.53. The van der Waals surface area contributed by atoms with Gasteiger partial charge in [0.2, 0.25) is 0 Å². The van der Waals surface area contributed by atoms with E-state index in [1.165, 1.54) is 5.56 Å². The van der Waals surface area contributed by atoms with Crippen LogP contribution in [0.5, 0.6) is 0 Å². The first-order valence-electron chi connectivity index (χ1n) is 6.97. The van der Waals surface area contributed by atoms with Crippen molar-refractivity contribution in [3.05, 3.63) is 70.6 Å². The van der Waals surface area contributed by atoms with Gasteiger partial charge in [-0.25, -0.2) is 0 Å². The smallest absolute Gasteiger partial charge is 0.0752 e. The minimum Gasteiger partial charge on any atom is -0.305 e. The van der Waals surface area contributed by atoms with Crippen LogP contribution in [0.15, 0.2) is 59.3 Å². The third-order valence-electron chi connectivity index (χ3n) is 3.42. The third kappa shape index (κ3) is 3.12. The second-order valence-electron chi connectivity index (χ2n) is 4.85. The molecule has 1 atom stereocenters. The number of hydrogen-bond acceptors (Lipinski definition) is 3. The number of pyridine rings is 2. The minimum atomic E-state index is 0.0782. The molecule has 1 aromatic carbocycles. The highest BCUT2D eigenvalue weighted by Gasteiger charge is 2.14. The predicted molar refractivity (Wildman–Crippen MR) is 89.2 cm³/mol. The summed E-state index contributed by atoms with van der Waals surface area (Å²) in [5.41, 5.74) is 3.20. The van der Waals surface area contributed by atoms with Gasteiger partial charge in [0.15, 0.2) is 0 Å². The summed E-state index contributed by atoms with van der Waals surface area (Å²) in [6.07, 6.45) is 3.66. The van der Waals surface area contributed by atoms with Crippen LogP contribution in [0.25, 0.3) is 10.9 Å². The number of fused-ring (bicyclic) bond motifs is 1. The Hall–Kier alpha value is -1.78. The molecule has 3 aromatic rings. The number of benzene rings is 1. The fraction of sp³-hybridized carbons (Fsp3) is 0.176. The van der Waals surface area contributed by atoms with Gasteiger partial charge >= 0.3 is 0 Å². The topological polar surface area (TPSA) is 37.8 Å². The number of rotatable bonds is 4. The van der Waals surface area contributed by atoms with Gasteiger partial charge < -0.3 is 5.32 Å². The van der Waals surface area contributed by atoms with Gasteiger partial charge in [-0.1, -0.05) is 25.1 Å². The maximum absolute atomic E-state index is 4.52. The second kappa shape index (κ2) is 6.33. The molecule has 0 aliphatic rings. The van der Waals surface area contributed by atoms with E-state index in [0.29, 0.717) is 0 Å². The lowest BCUT2D eigenvalue weighted by Gasteiger charge is -2.18. The van der Waals surface area contributed by atoms with Gasteiger partial charge in [0.1, 0.15) is 0 Å². The Morgan fingerprint density at radius 3 is 2.81 bits per heavy atom. The molecule has 0 bridgehead atoms. The molecule has 0 spiro atoms. The summed E-state index contributed by atoms with van der Waals surface area (Å²) in [6, 6.07) is 14.6. The number of hydrogen-bond donors (Lipinski definition) is 1. The van der Waals surface area contributed by atoms with Crippen LogP contribution >= 0.6 is 15.9 Å². The lowest BCUT2D eigenvalue weighted by molar-refractivity contribution is 0.616. The summed E-state index contributed by atoms with van der Waals surface area (Å²) in [7, 11) is 0. The first-order chi connectivity index (χ1) is 10.3. The van der Waals surface area contributed by atoms with E-state index in [0.717, 1.165) is 27.6 Å². The molecule has 0 radical (unpaired) electrons. The Balaban J connectivity index is 2.04. The van der Waals surface area contributed by atoms with E-state index >= 15 is 0 Å². The van der Waals surface area contributed by atoms with Crippen molar-refractivity contribution in [2.24, 2.45) is 0 Å². The molecular formula is C17H16BrN3. The molecule has 3 nitrogen and oxygen atoms in total. The van der Waals surface area contributed by atoms with Crippen LogP contribution in [0.1, 0.15) is 24.2 Å². The van der Waals surface area contributed by atoms with E-state index < -0.39 is 0 Å². The molecule has 0 saturated carbocycles. The van der Waals surface area contributed by atoms with Gasteiger partial charge in [0.05, 0.1) is 17.3 Å². The van der Waals surface area contributed by atoms with Crippen molar-refractivity contribution < 1.29 is 0 Å². The Morgan fingerprint density at radius 1 is 1.14 bits per heavy atom. The van der Waals surface area contributed by atoms with Gasteiger partial charge in [-0.15, -0.1) is 0 Å². The summed E-state index contributed by atoms with van der Waals surface area (Å²) in [5.74, 6) is 0. The molecule has 4 heteroatoms. The normalized spacial score (nSPS) is 12.5. The Labute approximate surface area is 132 Å². The van der Waals surface area contributed by atoms with Gasteiger partial charge in [0, 0.05) is 22.3 Å².